The molecule has 0 aliphatic heterocycles. The largest absolute Gasteiger partial charge is 0.390 e. The van der Waals surface area contributed by atoms with Crippen molar-refractivity contribution in [3.8, 4) is 0 Å². The SMILES string of the molecule is Cn1cc(C(C)(C)CC(C)(C)O)nn1. The summed E-state index contributed by atoms with van der Waals surface area (Å²) in [5.41, 5.74) is 0.0928. The first-order chi connectivity index (χ1) is 6.21. The van der Waals surface area contributed by atoms with Crippen LogP contribution >= 0.6 is 0 Å². The lowest BCUT2D eigenvalue weighted by atomic mass is 9.79. The molecule has 0 bridgehead atoms. The fraction of sp³-hybridized carbons (Fsp3) is 0.800. The predicted molar refractivity (Wildman–Crippen MR) is 54.9 cm³/mol. The van der Waals surface area contributed by atoms with Crippen LogP contribution in [0.5, 0.6) is 0 Å². The van der Waals surface area contributed by atoms with E-state index in [0.29, 0.717) is 6.42 Å². The molecule has 0 aliphatic rings. The Morgan fingerprint density at radius 1 is 1.36 bits per heavy atom. The second-order valence-corrected chi connectivity index (χ2v) is 5.15. The second-order valence-electron chi connectivity index (χ2n) is 5.15. The van der Waals surface area contributed by atoms with Crippen LogP contribution in [-0.4, -0.2) is 25.7 Å². The molecule has 0 saturated carbocycles. The van der Waals surface area contributed by atoms with Gasteiger partial charge in [-0.3, -0.25) is 4.68 Å². The zero-order chi connectivity index (χ0) is 11.0. The van der Waals surface area contributed by atoms with Gasteiger partial charge in [0, 0.05) is 18.7 Å². The Hall–Kier alpha value is -0.900. The van der Waals surface area contributed by atoms with Crippen molar-refractivity contribution < 1.29 is 5.11 Å². The third-order valence-corrected chi connectivity index (χ3v) is 2.17. The molecule has 1 aromatic heterocycles. The molecular formula is C10H19N3O. The monoisotopic (exact) mass is 197 g/mol. The molecule has 0 aromatic carbocycles. The van der Waals surface area contributed by atoms with Crippen molar-refractivity contribution in [2.75, 3.05) is 0 Å². The average molecular weight is 197 g/mol. The Morgan fingerprint density at radius 2 is 1.93 bits per heavy atom. The molecule has 0 aliphatic carbocycles. The summed E-state index contributed by atoms with van der Waals surface area (Å²) >= 11 is 0. The van der Waals surface area contributed by atoms with Gasteiger partial charge in [-0.2, -0.15) is 0 Å². The minimum atomic E-state index is -0.680. The van der Waals surface area contributed by atoms with Gasteiger partial charge in [0.15, 0.2) is 0 Å². The second kappa shape index (κ2) is 3.35. The molecule has 1 aromatic rings. The van der Waals surface area contributed by atoms with Gasteiger partial charge >= 0.3 is 0 Å². The highest BCUT2D eigenvalue weighted by Gasteiger charge is 2.30. The average Bonchev–Trinajstić information content (AvgIpc) is 2.29. The van der Waals surface area contributed by atoms with Crippen molar-refractivity contribution in [3.05, 3.63) is 11.9 Å². The molecule has 0 atom stereocenters. The molecule has 1 rings (SSSR count). The van der Waals surface area contributed by atoms with Gasteiger partial charge in [-0.1, -0.05) is 19.1 Å². The van der Waals surface area contributed by atoms with E-state index in [1.165, 1.54) is 0 Å². The van der Waals surface area contributed by atoms with Gasteiger partial charge in [0.1, 0.15) is 0 Å². The van der Waals surface area contributed by atoms with Crippen LogP contribution in [0.15, 0.2) is 6.20 Å². The molecule has 0 saturated heterocycles. The van der Waals surface area contributed by atoms with Crippen molar-refractivity contribution in [3.63, 3.8) is 0 Å². The third-order valence-electron chi connectivity index (χ3n) is 2.17. The van der Waals surface area contributed by atoms with E-state index in [2.05, 4.69) is 24.2 Å². The van der Waals surface area contributed by atoms with Gasteiger partial charge in [-0.25, -0.2) is 0 Å². The number of rotatable bonds is 3. The summed E-state index contributed by atoms with van der Waals surface area (Å²) < 4.78 is 1.68. The maximum Gasteiger partial charge on any atom is 0.0884 e. The number of aromatic nitrogens is 3. The summed E-state index contributed by atoms with van der Waals surface area (Å²) in [4.78, 5) is 0. The third kappa shape index (κ3) is 2.80. The first kappa shape index (κ1) is 11.2. The quantitative estimate of drug-likeness (QED) is 0.793. The highest BCUT2D eigenvalue weighted by molar-refractivity contribution is 5.09. The Bertz CT molecular complexity index is 309. The number of hydrogen-bond donors (Lipinski definition) is 1. The van der Waals surface area contributed by atoms with Gasteiger partial charge < -0.3 is 5.11 Å². The molecule has 0 radical (unpaired) electrons. The number of aryl methyl sites for hydroxylation is 1. The van der Waals surface area contributed by atoms with Crippen LogP contribution < -0.4 is 0 Å². The van der Waals surface area contributed by atoms with Crippen LogP contribution in [0.3, 0.4) is 0 Å². The lowest BCUT2D eigenvalue weighted by Gasteiger charge is -2.29. The van der Waals surface area contributed by atoms with E-state index in [-0.39, 0.29) is 5.41 Å². The van der Waals surface area contributed by atoms with E-state index in [4.69, 9.17) is 0 Å². The molecular weight excluding hydrogens is 178 g/mol. The van der Waals surface area contributed by atoms with Gasteiger partial charge in [-0.15, -0.1) is 5.10 Å². The fourth-order valence-electron chi connectivity index (χ4n) is 1.83. The predicted octanol–water partition coefficient (Wildman–Crippen LogP) is 1.25. The molecule has 80 valence electrons. The van der Waals surface area contributed by atoms with Crippen LogP contribution in [-0.2, 0) is 12.5 Å². The smallest absolute Gasteiger partial charge is 0.0884 e. The van der Waals surface area contributed by atoms with E-state index < -0.39 is 5.60 Å². The Morgan fingerprint density at radius 3 is 2.29 bits per heavy atom. The molecule has 1 N–H and O–H groups in total. The zero-order valence-electron chi connectivity index (χ0n) is 9.57. The lowest BCUT2D eigenvalue weighted by molar-refractivity contribution is 0.0493. The molecule has 0 amide bonds. The number of nitrogens with zero attached hydrogens (tertiary/aromatic N) is 3. The highest BCUT2D eigenvalue weighted by atomic mass is 16.3. The van der Waals surface area contributed by atoms with Crippen molar-refractivity contribution in [1.29, 1.82) is 0 Å². The van der Waals surface area contributed by atoms with E-state index >= 15 is 0 Å². The number of aliphatic hydroxyl groups is 1. The van der Waals surface area contributed by atoms with E-state index in [0.717, 1.165) is 5.69 Å². The van der Waals surface area contributed by atoms with E-state index in [9.17, 15) is 5.11 Å². The van der Waals surface area contributed by atoms with Gasteiger partial charge in [-0.05, 0) is 20.3 Å². The van der Waals surface area contributed by atoms with Crippen molar-refractivity contribution in [2.24, 2.45) is 7.05 Å². The fourth-order valence-corrected chi connectivity index (χ4v) is 1.83. The molecule has 4 nitrogen and oxygen atoms in total. The summed E-state index contributed by atoms with van der Waals surface area (Å²) in [7, 11) is 1.84. The Labute approximate surface area is 84.9 Å². The summed E-state index contributed by atoms with van der Waals surface area (Å²) in [6.45, 7) is 7.75. The first-order valence-corrected chi connectivity index (χ1v) is 4.80. The molecule has 0 unspecified atom stereocenters. The van der Waals surface area contributed by atoms with Gasteiger partial charge in [0.25, 0.3) is 0 Å². The summed E-state index contributed by atoms with van der Waals surface area (Å²) in [6.07, 6.45) is 2.56. The molecule has 0 spiro atoms. The minimum absolute atomic E-state index is 0.146. The molecule has 14 heavy (non-hydrogen) atoms. The van der Waals surface area contributed by atoms with Crippen LogP contribution in [0.1, 0.15) is 39.8 Å². The maximum absolute atomic E-state index is 9.77. The zero-order valence-corrected chi connectivity index (χ0v) is 9.57. The highest BCUT2D eigenvalue weighted by Crippen LogP contribution is 2.30. The normalized spacial score (nSPS) is 13.3. The first-order valence-electron chi connectivity index (χ1n) is 4.80. The Balaban J connectivity index is 2.85. The van der Waals surface area contributed by atoms with E-state index in [1.54, 1.807) is 4.68 Å². The van der Waals surface area contributed by atoms with Crippen molar-refractivity contribution in [2.45, 2.75) is 45.1 Å². The Kier molecular flexibility index (Phi) is 2.67. The topological polar surface area (TPSA) is 50.9 Å². The number of hydrogen-bond acceptors (Lipinski definition) is 3. The standard InChI is InChI=1S/C10H19N3O/c1-9(2,7-10(3,4)14)8-6-13(5)12-11-8/h6,14H,7H2,1-5H3. The van der Waals surface area contributed by atoms with Crippen LogP contribution in [0.4, 0.5) is 0 Å². The lowest BCUT2D eigenvalue weighted by Crippen LogP contribution is -2.31. The van der Waals surface area contributed by atoms with Crippen molar-refractivity contribution >= 4 is 0 Å². The van der Waals surface area contributed by atoms with Gasteiger partial charge in [0.2, 0.25) is 0 Å². The summed E-state index contributed by atoms with van der Waals surface area (Å²) in [6, 6.07) is 0. The van der Waals surface area contributed by atoms with E-state index in [1.807, 2.05) is 27.1 Å². The van der Waals surface area contributed by atoms with Gasteiger partial charge in [0.05, 0.1) is 11.3 Å². The summed E-state index contributed by atoms with van der Waals surface area (Å²) in [5.74, 6) is 0. The van der Waals surface area contributed by atoms with Crippen molar-refractivity contribution in [1.82, 2.24) is 15.0 Å². The van der Waals surface area contributed by atoms with Crippen LogP contribution in [0, 0.1) is 0 Å². The maximum atomic E-state index is 9.77. The molecule has 4 heteroatoms. The minimum Gasteiger partial charge on any atom is -0.390 e. The molecule has 1 heterocycles. The molecule has 0 fully saturated rings. The summed E-state index contributed by atoms with van der Waals surface area (Å²) in [5, 5.41) is 17.7. The van der Waals surface area contributed by atoms with Crippen LogP contribution in [0.2, 0.25) is 0 Å². The van der Waals surface area contributed by atoms with Crippen LogP contribution in [0.25, 0.3) is 0 Å².